The van der Waals surface area contributed by atoms with Gasteiger partial charge in [-0.2, -0.15) is 0 Å². The first kappa shape index (κ1) is 20.8. The molecule has 2 aromatic carbocycles. The number of anilines is 1. The van der Waals surface area contributed by atoms with E-state index < -0.39 is 10.8 Å². The molecule has 142 valence electrons. The zero-order chi connectivity index (χ0) is 20.0. The van der Waals surface area contributed by atoms with Gasteiger partial charge in [-0.3, -0.25) is 20.2 Å². The van der Waals surface area contributed by atoms with E-state index in [1.807, 2.05) is 6.92 Å². The Morgan fingerprint density at radius 3 is 2.67 bits per heavy atom. The average molecular weight is 452 g/mol. The van der Waals surface area contributed by atoms with Gasteiger partial charge >= 0.3 is 0 Å². The van der Waals surface area contributed by atoms with Gasteiger partial charge in [0.15, 0.2) is 5.11 Å². The number of carbonyl (C=O) groups is 1. The highest BCUT2D eigenvalue weighted by Gasteiger charge is 2.13. The van der Waals surface area contributed by atoms with E-state index in [4.69, 9.17) is 17.0 Å². The molecule has 0 aliphatic carbocycles. The molecule has 2 N–H and O–H groups in total. The Morgan fingerprint density at radius 1 is 1.30 bits per heavy atom. The summed E-state index contributed by atoms with van der Waals surface area (Å²) in [6, 6.07) is 9.35. The first-order valence-electron chi connectivity index (χ1n) is 8.11. The average Bonchev–Trinajstić information content (AvgIpc) is 2.62. The van der Waals surface area contributed by atoms with Gasteiger partial charge in [0.1, 0.15) is 5.75 Å². The van der Waals surface area contributed by atoms with Crippen molar-refractivity contribution in [1.29, 1.82) is 0 Å². The van der Waals surface area contributed by atoms with Crippen molar-refractivity contribution in [3.05, 3.63) is 62.1 Å². The number of thiocarbonyl (C=S) groups is 1. The maximum Gasteiger partial charge on any atom is 0.271 e. The molecular weight excluding hydrogens is 434 g/mol. The highest BCUT2D eigenvalue weighted by molar-refractivity contribution is 9.10. The zero-order valence-electron chi connectivity index (χ0n) is 14.7. The number of aryl methyl sites for hydroxylation is 1. The van der Waals surface area contributed by atoms with E-state index in [-0.39, 0.29) is 10.8 Å². The summed E-state index contributed by atoms with van der Waals surface area (Å²) in [5, 5.41) is 16.3. The lowest BCUT2D eigenvalue weighted by molar-refractivity contribution is -0.384. The number of non-ortho nitro benzene ring substituents is 1. The maximum atomic E-state index is 12.4. The van der Waals surface area contributed by atoms with Crippen LogP contribution in [0.25, 0.3) is 0 Å². The summed E-state index contributed by atoms with van der Waals surface area (Å²) >= 11 is 8.53. The Morgan fingerprint density at radius 2 is 2.04 bits per heavy atom. The second-order valence-corrected chi connectivity index (χ2v) is 6.92. The van der Waals surface area contributed by atoms with Gasteiger partial charge in [0.25, 0.3) is 11.6 Å². The van der Waals surface area contributed by atoms with Crippen LogP contribution in [0, 0.1) is 17.0 Å². The largest absolute Gasteiger partial charge is 0.492 e. The van der Waals surface area contributed by atoms with Gasteiger partial charge in [0.05, 0.1) is 16.0 Å². The third-order valence-corrected chi connectivity index (χ3v) is 4.39. The van der Waals surface area contributed by atoms with Crippen LogP contribution < -0.4 is 15.4 Å². The third-order valence-electron chi connectivity index (χ3n) is 3.56. The molecule has 1 amide bonds. The van der Waals surface area contributed by atoms with Crippen LogP contribution in [0.15, 0.2) is 40.9 Å². The van der Waals surface area contributed by atoms with Crippen molar-refractivity contribution in [1.82, 2.24) is 5.32 Å². The third kappa shape index (κ3) is 5.73. The smallest absolute Gasteiger partial charge is 0.271 e. The molecule has 0 atom stereocenters. The van der Waals surface area contributed by atoms with Crippen molar-refractivity contribution >= 4 is 50.5 Å². The minimum Gasteiger partial charge on any atom is -0.492 e. The molecule has 0 fully saturated rings. The summed E-state index contributed by atoms with van der Waals surface area (Å²) in [5.41, 5.74) is 1.55. The number of ether oxygens (including phenoxy) is 1. The van der Waals surface area contributed by atoms with Gasteiger partial charge in [-0.05, 0) is 65.3 Å². The predicted octanol–water partition coefficient (Wildman–Crippen LogP) is 4.58. The van der Waals surface area contributed by atoms with Crippen molar-refractivity contribution in [3.63, 3.8) is 0 Å². The molecule has 0 unspecified atom stereocenters. The molecule has 0 aliphatic heterocycles. The van der Waals surface area contributed by atoms with Crippen LogP contribution in [-0.2, 0) is 0 Å². The van der Waals surface area contributed by atoms with Crippen LogP contribution in [0.1, 0.15) is 29.3 Å². The minimum absolute atomic E-state index is 0.0472. The summed E-state index contributed by atoms with van der Waals surface area (Å²) in [4.78, 5) is 22.8. The standard InChI is InChI=1S/C18H18BrN3O4S/c1-3-8-26-16-7-5-12(9-14(16)19)17(23)21-18(27)20-15-10-13(22(24)25)6-4-11(15)2/h4-7,9-10H,3,8H2,1-2H3,(H2,20,21,23,27). The maximum absolute atomic E-state index is 12.4. The van der Waals surface area contributed by atoms with Crippen LogP contribution >= 0.6 is 28.1 Å². The fourth-order valence-corrected chi connectivity index (χ4v) is 2.85. The summed E-state index contributed by atoms with van der Waals surface area (Å²) in [7, 11) is 0. The summed E-state index contributed by atoms with van der Waals surface area (Å²) in [6.45, 7) is 4.37. The SMILES string of the molecule is CCCOc1ccc(C(=O)NC(=S)Nc2cc([N+](=O)[O-])ccc2C)cc1Br. The molecule has 0 spiro atoms. The number of nitrogens with zero attached hydrogens (tertiary/aromatic N) is 1. The molecular formula is C18H18BrN3O4S. The van der Waals surface area contributed by atoms with Crippen LogP contribution in [0.2, 0.25) is 0 Å². The summed E-state index contributed by atoms with van der Waals surface area (Å²) in [5.74, 6) is 0.250. The van der Waals surface area contributed by atoms with E-state index in [2.05, 4.69) is 26.6 Å². The highest BCUT2D eigenvalue weighted by atomic mass is 79.9. The van der Waals surface area contributed by atoms with Crippen molar-refractivity contribution in [2.45, 2.75) is 20.3 Å². The Hall–Kier alpha value is -2.52. The van der Waals surface area contributed by atoms with E-state index in [0.29, 0.717) is 28.1 Å². The molecule has 0 bridgehead atoms. The summed E-state index contributed by atoms with van der Waals surface area (Å²) < 4.78 is 6.22. The Bertz CT molecular complexity index is 889. The van der Waals surface area contributed by atoms with Crippen molar-refractivity contribution < 1.29 is 14.5 Å². The monoisotopic (exact) mass is 451 g/mol. The number of hydrogen-bond acceptors (Lipinski definition) is 5. The van der Waals surface area contributed by atoms with E-state index >= 15 is 0 Å². The molecule has 2 aromatic rings. The van der Waals surface area contributed by atoms with E-state index in [1.165, 1.54) is 12.1 Å². The first-order chi connectivity index (χ1) is 12.8. The second kappa shape index (κ2) is 9.43. The second-order valence-electron chi connectivity index (χ2n) is 5.66. The zero-order valence-corrected chi connectivity index (χ0v) is 17.1. The van der Waals surface area contributed by atoms with E-state index in [0.717, 1.165) is 12.0 Å². The van der Waals surface area contributed by atoms with Gasteiger partial charge in [-0.1, -0.05) is 13.0 Å². The van der Waals surface area contributed by atoms with E-state index in [9.17, 15) is 14.9 Å². The topological polar surface area (TPSA) is 93.5 Å². The highest BCUT2D eigenvalue weighted by Crippen LogP contribution is 2.26. The molecule has 0 aliphatic rings. The Balaban J connectivity index is 2.06. The molecule has 0 aromatic heterocycles. The van der Waals surface area contributed by atoms with Gasteiger partial charge in [-0.15, -0.1) is 0 Å². The van der Waals surface area contributed by atoms with Crippen LogP contribution in [-0.4, -0.2) is 22.5 Å². The van der Waals surface area contributed by atoms with Gasteiger partial charge < -0.3 is 10.1 Å². The Kier molecular flexibility index (Phi) is 7.26. The number of nitrogens with one attached hydrogen (secondary N) is 2. The summed E-state index contributed by atoms with van der Waals surface area (Å²) in [6.07, 6.45) is 0.881. The molecule has 2 rings (SSSR count). The lowest BCUT2D eigenvalue weighted by Gasteiger charge is -2.12. The number of halogens is 1. The van der Waals surface area contributed by atoms with Crippen LogP contribution in [0.4, 0.5) is 11.4 Å². The molecule has 0 heterocycles. The molecule has 0 saturated heterocycles. The molecule has 7 nitrogen and oxygen atoms in total. The molecule has 27 heavy (non-hydrogen) atoms. The van der Waals surface area contributed by atoms with E-state index in [1.54, 1.807) is 31.2 Å². The predicted molar refractivity (Wildman–Crippen MR) is 111 cm³/mol. The van der Waals surface area contributed by atoms with Gasteiger partial charge in [0, 0.05) is 23.4 Å². The van der Waals surface area contributed by atoms with Crippen LogP contribution in [0.3, 0.4) is 0 Å². The lowest BCUT2D eigenvalue weighted by atomic mass is 10.2. The van der Waals surface area contributed by atoms with Gasteiger partial charge in [-0.25, -0.2) is 0 Å². The molecule has 0 radical (unpaired) electrons. The quantitative estimate of drug-likeness (QED) is 0.379. The molecule has 9 heteroatoms. The number of carbonyl (C=O) groups excluding carboxylic acids is 1. The minimum atomic E-state index is -0.494. The van der Waals surface area contributed by atoms with Crippen LogP contribution in [0.5, 0.6) is 5.75 Å². The van der Waals surface area contributed by atoms with Crippen molar-refractivity contribution in [2.75, 3.05) is 11.9 Å². The number of nitro benzene ring substituents is 1. The normalized spacial score (nSPS) is 10.2. The number of hydrogen-bond donors (Lipinski definition) is 2. The first-order valence-corrected chi connectivity index (χ1v) is 9.31. The van der Waals surface area contributed by atoms with Gasteiger partial charge in [0.2, 0.25) is 0 Å². The number of nitro groups is 1. The van der Waals surface area contributed by atoms with Crippen molar-refractivity contribution in [3.8, 4) is 5.75 Å². The lowest BCUT2D eigenvalue weighted by Crippen LogP contribution is -2.34. The van der Waals surface area contributed by atoms with Crippen molar-refractivity contribution in [2.24, 2.45) is 0 Å². The number of rotatable bonds is 6. The number of benzene rings is 2. The number of amides is 1. The Labute approximate surface area is 170 Å². The fourth-order valence-electron chi connectivity index (χ4n) is 2.16. The fraction of sp³-hybridized carbons (Fsp3) is 0.222. The molecule has 0 saturated carbocycles.